The zero-order valence-electron chi connectivity index (χ0n) is 10.8. The molecule has 0 bridgehead atoms. The Balaban J connectivity index is 2.55. The van der Waals surface area contributed by atoms with Crippen LogP contribution in [0.25, 0.3) is 0 Å². The smallest absolute Gasteiger partial charge is 0.0295 e. The zero-order valence-corrected chi connectivity index (χ0v) is 13.9. The summed E-state index contributed by atoms with van der Waals surface area (Å²) in [5.74, 6) is 0. The van der Waals surface area contributed by atoms with Gasteiger partial charge in [-0.3, -0.25) is 0 Å². The third kappa shape index (κ3) is 6.03. The van der Waals surface area contributed by atoms with E-state index < -0.39 is 0 Å². The van der Waals surface area contributed by atoms with Gasteiger partial charge in [0.2, 0.25) is 0 Å². The topological polar surface area (TPSA) is 26.0 Å². The summed E-state index contributed by atoms with van der Waals surface area (Å²) in [6.45, 7) is 6.82. The molecule has 1 nitrogen and oxygen atoms in total. The molecule has 2 N–H and O–H groups in total. The van der Waals surface area contributed by atoms with Crippen LogP contribution in [-0.4, -0.2) is 0 Å². The first-order valence-electron chi connectivity index (χ1n) is 5.99. The molecule has 3 heteroatoms. The summed E-state index contributed by atoms with van der Waals surface area (Å²) in [7, 11) is 0. The van der Waals surface area contributed by atoms with Crippen molar-refractivity contribution in [1.82, 2.24) is 0 Å². The normalized spacial score (nSPS) is 13.8. The molecule has 0 radical (unpaired) electrons. The van der Waals surface area contributed by atoms with Gasteiger partial charge in [-0.05, 0) is 42.0 Å². The van der Waals surface area contributed by atoms with E-state index >= 15 is 0 Å². The summed E-state index contributed by atoms with van der Waals surface area (Å²) in [4.78, 5) is 0. The first-order chi connectivity index (χ1) is 7.78. The van der Waals surface area contributed by atoms with Gasteiger partial charge >= 0.3 is 0 Å². The summed E-state index contributed by atoms with van der Waals surface area (Å²) in [5.41, 5.74) is 7.82. The van der Waals surface area contributed by atoms with Gasteiger partial charge in [-0.2, -0.15) is 0 Å². The summed E-state index contributed by atoms with van der Waals surface area (Å²) in [6, 6.07) is 6.37. The van der Waals surface area contributed by atoms with Gasteiger partial charge in [0.15, 0.2) is 0 Å². The minimum atomic E-state index is 0.131. The molecule has 1 atom stereocenters. The lowest BCUT2D eigenvalue weighted by Gasteiger charge is -2.19. The van der Waals surface area contributed by atoms with Crippen LogP contribution in [0.4, 0.5) is 0 Å². The molecule has 0 saturated carbocycles. The van der Waals surface area contributed by atoms with Gasteiger partial charge in [-0.25, -0.2) is 0 Å². The highest BCUT2D eigenvalue weighted by Crippen LogP contribution is 2.28. The molecule has 0 heterocycles. The van der Waals surface area contributed by atoms with Crippen LogP contribution in [0.3, 0.4) is 0 Å². The van der Waals surface area contributed by atoms with Crippen LogP contribution >= 0.6 is 31.9 Å². The van der Waals surface area contributed by atoms with E-state index in [-0.39, 0.29) is 6.04 Å². The van der Waals surface area contributed by atoms with E-state index in [0.29, 0.717) is 5.41 Å². The fourth-order valence-corrected chi connectivity index (χ4v) is 3.14. The summed E-state index contributed by atoms with van der Waals surface area (Å²) in [6.07, 6.45) is 3.44. The van der Waals surface area contributed by atoms with Crippen LogP contribution in [0.15, 0.2) is 27.1 Å². The maximum atomic E-state index is 6.22. The molecule has 1 rings (SSSR count). The van der Waals surface area contributed by atoms with Crippen LogP contribution < -0.4 is 5.73 Å². The molecule has 0 amide bonds. The molecular weight excluding hydrogens is 342 g/mol. The molecule has 0 spiro atoms. The van der Waals surface area contributed by atoms with Gasteiger partial charge in [0.25, 0.3) is 0 Å². The third-order valence-electron chi connectivity index (χ3n) is 2.75. The van der Waals surface area contributed by atoms with E-state index in [0.717, 1.165) is 15.4 Å². The van der Waals surface area contributed by atoms with E-state index in [4.69, 9.17) is 5.73 Å². The average molecular weight is 363 g/mol. The van der Waals surface area contributed by atoms with Crippen molar-refractivity contribution in [3.05, 3.63) is 32.7 Å². The molecule has 0 aliphatic heterocycles. The third-order valence-corrected chi connectivity index (χ3v) is 3.67. The van der Waals surface area contributed by atoms with Crippen molar-refractivity contribution >= 4 is 31.9 Å². The van der Waals surface area contributed by atoms with E-state index in [1.165, 1.54) is 18.4 Å². The highest BCUT2D eigenvalue weighted by Gasteiger charge is 2.12. The van der Waals surface area contributed by atoms with E-state index in [2.05, 4.69) is 64.8 Å². The summed E-state index contributed by atoms with van der Waals surface area (Å²) >= 11 is 6.99. The minimum absolute atomic E-state index is 0.131. The number of hydrogen-bond acceptors (Lipinski definition) is 1. The molecule has 0 aliphatic rings. The average Bonchev–Trinajstić information content (AvgIpc) is 2.13. The van der Waals surface area contributed by atoms with Crippen LogP contribution in [0.2, 0.25) is 0 Å². The predicted molar refractivity (Wildman–Crippen MR) is 82.1 cm³/mol. The molecule has 0 aromatic heterocycles. The first-order valence-corrected chi connectivity index (χ1v) is 7.58. The largest absolute Gasteiger partial charge is 0.324 e. The zero-order chi connectivity index (χ0) is 13.1. The van der Waals surface area contributed by atoms with Gasteiger partial charge < -0.3 is 5.73 Å². The SMILES string of the molecule is CC(C)(C)CCCC(N)c1cc(Br)cc(Br)c1. The maximum Gasteiger partial charge on any atom is 0.0295 e. The van der Waals surface area contributed by atoms with Gasteiger partial charge in [0.05, 0.1) is 0 Å². The second-order valence-electron chi connectivity index (χ2n) is 5.76. The molecule has 17 heavy (non-hydrogen) atoms. The number of hydrogen-bond donors (Lipinski definition) is 1. The molecule has 0 aliphatic carbocycles. The second-order valence-corrected chi connectivity index (χ2v) is 7.59. The Kier molecular flexibility index (Phi) is 5.68. The molecule has 0 fully saturated rings. The monoisotopic (exact) mass is 361 g/mol. The molecule has 96 valence electrons. The van der Waals surface area contributed by atoms with E-state index in [9.17, 15) is 0 Å². The van der Waals surface area contributed by atoms with Gasteiger partial charge in [-0.15, -0.1) is 0 Å². The second kappa shape index (κ2) is 6.35. The van der Waals surface area contributed by atoms with E-state index in [1.54, 1.807) is 0 Å². The maximum absolute atomic E-state index is 6.22. The Morgan fingerprint density at radius 1 is 1.12 bits per heavy atom. The number of halogens is 2. The molecule has 1 unspecified atom stereocenters. The van der Waals surface area contributed by atoms with Crippen molar-refractivity contribution < 1.29 is 0 Å². The molecular formula is C14H21Br2N. The molecule has 1 aromatic carbocycles. The van der Waals surface area contributed by atoms with E-state index in [1.807, 2.05) is 6.07 Å². The van der Waals surface area contributed by atoms with Crippen molar-refractivity contribution in [1.29, 1.82) is 0 Å². The fourth-order valence-electron chi connectivity index (χ4n) is 1.81. The lowest BCUT2D eigenvalue weighted by atomic mass is 9.88. The Bertz CT molecular complexity index is 349. The minimum Gasteiger partial charge on any atom is -0.324 e. The van der Waals surface area contributed by atoms with Crippen LogP contribution in [0.5, 0.6) is 0 Å². The Hall–Kier alpha value is 0.140. The Morgan fingerprint density at radius 2 is 1.65 bits per heavy atom. The van der Waals surface area contributed by atoms with Crippen molar-refractivity contribution in [3.8, 4) is 0 Å². The Morgan fingerprint density at radius 3 is 2.12 bits per heavy atom. The van der Waals surface area contributed by atoms with Crippen molar-refractivity contribution in [3.63, 3.8) is 0 Å². The van der Waals surface area contributed by atoms with Crippen molar-refractivity contribution in [2.24, 2.45) is 11.1 Å². The Labute approximate surface area is 121 Å². The summed E-state index contributed by atoms with van der Waals surface area (Å²) in [5, 5.41) is 0. The fraction of sp³-hybridized carbons (Fsp3) is 0.571. The lowest BCUT2D eigenvalue weighted by molar-refractivity contribution is 0.353. The lowest BCUT2D eigenvalue weighted by Crippen LogP contribution is -2.12. The highest BCUT2D eigenvalue weighted by atomic mass is 79.9. The quantitative estimate of drug-likeness (QED) is 0.759. The van der Waals surface area contributed by atoms with Crippen molar-refractivity contribution in [2.45, 2.75) is 46.1 Å². The predicted octanol–water partition coefficient (Wildman–Crippen LogP) is 5.43. The standard InChI is InChI=1S/C14H21Br2N/c1-14(2,3)6-4-5-13(17)10-7-11(15)9-12(16)8-10/h7-9,13H,4-6,17H2,1-3H3. The van der Waals surface area contributed by atoms with Crippen molar-refractivity contribution in [2.75, 3.05) is 0 Å². The van der Waals surface area contributed by atoms with Gasteiger partial charge in [0, 0.05) is 15.0 Å². The van der Waals surface area contributed by atoms with Gasteiger partial charge in [-0.1, -0.05) is 59.1 Å². The number of benzene rings is 1. The first kappa shape index (κ1) is 15.2. The molecule has 1 aromatic rings. The molecule has 0 saturated heterocycles. The number of nitrogens with two attached hydrogens (primary N) is 1. The van der Waals surface area contributed by atoms with Gasteiger partial charge in [0.1, 0.15) is 0 Å². The summed E-state index contributed by atoms with van der Waals surface area (Å²) < 4.78 is 2.15. The number of rotatable bonds is 4. The highest BCUT2D eigenvalue weighted by molar-refractivity contribution is 9.11. The van der Waals surface area contributed by atoms with Crippen LogP contribution in [0, 0.1) is 5.41 Å². The van der Waals surface area contributed by atoms with Crippen LogP contribution in [0.1, 0.15) is 51.6 Å². The van der Waals surface area contributed by atoms with Crippen LogP contribution in [-0.2, 0) is 0 Å².